The third-order valence-corrected chi connectivity index (χ3v) is 5.59. The Kier molecular flexibility index (Phi) is 6.36. The summed E-state index contributed by atoms with van der Waals surface area (Å²) in [6, 6.07) is 3.62. The van der Waals surface area contributed by atoms with E-state index >= 15 is 0 Å². The van der Waals surface area contributed by atoms with Crippen LogP contribution in [0.25, 0.3) is 0 Å². The van der Waals surface area contributed by atoms with Crippen LogP contribution in [0.5, 0.6) is 0 Å². The van der Waals surface area contributed by atoms with E-state index in [-0.39, 0.29) is 4.90 Å². The van der Waals surface area contributed by atoms with Crippen LogP contribution in [0.3, 0.4) is 0 Å². The Morgan fingerprint density at radius 2 is 1.95 bits per heavy atom. The van der Waals surface area contributed by atoms with E-state index in [0.29, 0.717) is 18.7 Å². The van der Waals surface area contributed by atoms with Gasteiger partial charge in [0.15, 0.2) is 0 Å². The molecule has 0 aliphatic heterocycles. The fourth-order valence-corrected chi connectivity index (χ4v) is 4.46. The lowest BCUT2D eigenvalue weighted by Crippen LogP contribution is -2.46. The van der Waals surface area contributed by atoms with Crippen molar-refractivity contribution in [1.82, 2.24) is 10.0 Å². The van der Waals surface area contributed by atoms with E-state index < -0.39 is 15.6 Å². The van der Waals surface area contributed by atoms with Crippen LogP contribution in [-0.4, -0.2) is 34.7 Å². The zero-order valence-electron chi connectivity index (χ0n) is 13.1. The van der Waals surface area contributed by atoms with E-state index in [9.17, 15) is 8.42 Å². The molecule has 0 bridgehead atoms. The maximum Gasteiger partial charge on any atom is 0.241 e. The van der Waals surface area contributed by atoms with E-state index in [1.807, 2.05) is 13.1 Å². The zero-order chi connectivity index (χ0) is 16.3. The number of benzene rings is 1. The molecule has 1 aromatic carbocycles. The zero-order valence-corrected chi connectivity index (χ0v) is 15.5. The van der Waals surface area contributed by atoms with Crippen molar-refractivity contribution < 1.29 is 13.2 Å². The van der Waals surface area contributed by atoms with Crippen LogP contribution < -0.4 is 10.0 Å². The molecule has 0 atom stereocenters. The van der Waals surface area contributed by atoms with Crippen LogP contribution in [0.1, 0.15) is 25.0 Å². The molecule has 0 saturated heterocycles. The summed E-state index contributed by atoms with van der Waals surface area (Å²) in [5.41, 5.74) is 0.918. The quantitative estimate of drug-likeness (QED) is 0.762. The molecule has 0 saturated carbocycles. The molecule has 0 radical (unpaired) electrons. The van der Waals surface area contributed by atoms with Gasteiger partial charge in [-0.15, -0.1) is 0 Å². The largest absolute Gasteiger partial charge is 0.383 e. The molecule has 0 aliphatic carbocycles. The molecule has 0 unspecified atom stereocenters. The second-order valence-electron chi connectivity index (χ2n) is 5.65. The minimum absolute atomic E-state index is 0.284. The first-order valence-corrected chi connectivity index (χ1v) is 8.87. The lowest BCUT2D eigenvalue weighted by molar-refractivity contribution is 0.141. The number of rotatable bonds is 7. The van der Waals surface area contributed by atoms with Crippen LogP contribution in [-0.2, 0) is 21.3 Å². The van der Waals surface area contributed by atoms with Crippen LogP contribution in [0, 0.1) is 6.92 Å². The molecular formula is C14H23BrN2O3S. The molecular weight excluding hydrogens is 356 g/mol. The predicted molar refractivity (Wildman–Crippen MR) is 87.9 cm³/mol. The number of ether oxygens (including phenoxy) is 1. The second kappa shape index (κ2) is 7.19. The summed E-state index contributed by atoms with van der Waals surface area (Å²) >= 11 is 3.43. The summed E-state index contributed by atoms with van der Waals surface area (Å²) < 4.78 is 33.8. The first-order valence-electron chi connectivity index (χ1n) is 6.59. The van der Waals surface area contributed by atoms with Crippen molar-refractivity contribution in [3.8, 4) is 0 Å². The van der Waals surface area contributed by atoms with E-state index in [1.165, 1.54) is 0 Å². The molecule has 0 aromatic heterocycles. The van der Waals surface area contributed by atoms with Crippen molar-refractivity contribution in [1.29, 1.82) is 0 Å². The summed E-state index contributed by atoms with van der Waals surface area (Å²) in [6.07, 6.45) is 0. The van der Waals surface area contributed by atoms with Gasteiger partial charge >= 0.3 is 0 Å². The average molecular weight is 379 g/mol. The van der Waals surface area contributed by atoms with Gasteiger partial charge in [0.05, 0.1) is 17.0 Å². The van der Waals surface area contributed by atoms with Gasteiger partial charge in [-0.3, -0.25) is 0 Å². The van der Waals surface area contributed by atoms with Crippen molar-refractivity contribution in [3.05, 3.63) is 27.7 Å². The van der Waals surface area contributed by atoms with Crippen LogP contribution >= 0.6 is 15.9 Å². The smallest absolute Gasteiger partial charge is 0.241 e. The number of hydrogen-bond donors (Lipinski definition) is 2. The molecule has 0 spiro atoms. The monoisotopic (exact) mass is 378 g/mol. The third kappa shape index (κ3) is 5.03. The van der Waals surface area contributed by atoms with Gasteiger partial charge in [-0.1, -0.05) is 15.9 Å². The summed E-state index contributed by atoms with van der Waals surface area (Å²) in [5.74, 6) is 0. The third-order valence-electron chi connectivity index (χ3n) is 2.94. The van der Waals surface area contributed by atoms with Gasteiger partial charge < -0.3 is 10.1 Å². The van der Waals surface area contributed by atoms with Crippen molar-refractivity contribution in [2.24, 2.45) is 0 Å². The molecule has 2 N–H and O–H groups in total. The number of methoxy groups -OCH3 is 1. The highest BCUT2D eigenvalue weighted by Gasteiger charge is 2.28. The van der Waals surface area contributed by atoms with Gasteiger partial charge in [-0.05, 0) is 51.1 Å². The SMILES string of the molecule is CNCc1cc(Br)c(C)c(S(=O)(=O)NC(C)(C)COC)c1. The number of halogens is 1. The normalized spacial score (nSPS) is 12.7. The van der Waals surface area contributed by atoms with Gasteiger partial charge in [0.25, 0.3) is 0 Å². The topological polar surface area (TPSA) is 67.4 Å². The number of sulfonamides is 1. The average Bonchev–Trinajstić information content (AvgIpc) is 2.32. The van der Waals surface area contributed by atoms with E-state index in [2.05, 4.69) is 26.0 Å². The molecule has 0 aliphatic rings. The van der Waals surface area contributed by atoms with Gasteiger partial charge in [-0.2, -0.15) is 0 Å². The standard InChI is InChI=1S/C14H23BrN2O3S/c1-10-12(15)6-11(8-16-4)7-13(10)21(18,19)17-14(2,3)9-20-5/h6-7,16-17H,8-9H2,1-5H3. The van der Waals surface area contributed by atoms with Crippen LogP contribution in [0.4, 0.5) is 0 Å². The minimum Gasteiger partial charge on any atom is -0.383 e. The molecule has 0 fully saturated rings. The highest BCUT2D eigenvalue weighted by Crippen LogP contribution is 2.26. The molecule has 7 heteroatoms. The Hall–Kier alpha value is -0.470. The summed E-state index contributed by atoms with van der Waals surface area (Å²) in [5, 5.41) is 3.02. The first-order chi connectivity index (χ1) is 9.63. The highest BCUT2D eigenvalue weighted by atomic mass is 79.9. The Balaban J connectivity index is 3.24. The van der Waals surface area contributed by atoms with E-state index in [4.69, 9.17) is 4.74 Å². The van der Waals surface area contributed by atoms with Gasteiger partial charge in [0.2, 0.25) is 10.0 Å². The van der Waals surface area contributed by atoms with Crippen molar-refractivity contribution in [3.63, 3.8) is 0 Å². The molecule has 21 heavy (non-hydrogen) atoms. The van der Waals surface area contributed by atoms with Crippen LogP contribution in [0.15, 0.2) is 21.5 Å². The highest BCUT2D eigenvalue weighted by molar-refractivity contribution is 9.10. The lowest BCUT2D eigenvalue weighted by Gasteiger charge is -2.25. The Morgan fingerprint density at radius 3 is 2.48 bits per heavy atom. The summed E-state index contributed by atoms with van der Waals surface area (Å²) in [7, 11) is -0.254. The summed E-state index contributed by atoms with van der Waals surface area (Å²) in [4.78, 5) is 0.284. The van der Waals surface area contributed by atoms with Gasteiger partial charge in [-0.25, -0.2) is 13.1 Å². The minimum atomic E-state index is -3.62. The van der Waals surface area contributed by atoms with Gasteiger partial charge in [0, 0.05) is 18.1 Å². The fourth-order valence-electron chi connectivity index (χ4n) is 2.10. The molecule has 120 valence electrons. The number of nitrogens with one attached hydrogen (secondary N) is 2. The first kappa shape index (κ1) is 18.6. The molecule has 1 rings (SSSR count). The van der Waals surface area contributed by atoms with E-state index in [0.717, 1.165) is 10.0 Å². The van der Waals surface area contributed by atoms with Crippen molar-refractivity contribution in [2.75, 3.05) is 20.8 Å². The maximum atomic E-state index is 12.6. The van der Waals surface area contributed by atoms with Gasteiger partial charge in [0.1, 0.15) is 0 Å². The van der Waals surface area contributed by atoms with Crippen LogP contribution in [0.2, 0.25) is 0 Å². The maximum absolute atomic E-state index is 12.6. The van der Waals surface area contributed by atoms with E-state index in [1.54, 1.807) is 33.9 Å². The Morgan fingerprint density at radius 1 is 1.33 bits per heavy atom. The lowest BCUT2D eigenvalue weighted by atomic mass is 10.1. The second-order valence-corrected chi connectivity index (χ2v) is 8.16. The molecule has 5 nitrogen and oxygen atoms in total. The molecule has 0 heterocycles. The Labute approximate surface area is 135 Å². The molecule has 0 amide bonds. The molecule has 1 aromatic rings. The predicted octanol–water partition coefficient (Wildman–Crippen LogP) is 2.18. The van der Waals surface area contributed by atoms with Crippen molar-refractivity contribution >= 4 is 26.0 Å². The number of hydrogen-bond acceptors (Lipinski definition) is 4. The fraction of sp³-hybridized carbons (Fsp3) is 0.571. The van der Waals surface area contributed by atoms with Crippen molar-refractivity contribution in [2.45, 2.75) is 37.8 Å². The summed E-state index contributed by atoms with van der Waals surface area (Å²) in [6.45, 7) is 6.25. The Bertz CT molecular complexity index is 600.